The Labute approximate surface area is 257 Å². The van der Waals surface area contributed by atoms with E-state index in [2.05, 4.69) is 15.8 Å². The summed E-state index contributed by atoms with van der Waals surface area (Å²) in [6.07, 6.45) is 2.45. The molecule has 10 nitrogen and oxygen atoms in total. The summed E-state index contributed by atoms with van der Waals surface area (Å²) in [4.78, 5) is 25.1. The molecule has 11 heteroatoms. The van der Waals surface area contributed by atoms with Crippen molar-refractivity contribution in [1.82, 2.24) is 10.7 Å². The Balaban J connectivity index is 1.29. The molecule has 0 aromatic heterocycles. The van der Waals surface area contributed by atoms with E-state index in [0.717, 1.165) is 16.1 Å². The molecule has 0 bridgehead atoms. The maximum absolute atomic E-state index is 12.9. The summed E-state index contributed by atoms with van der Waals surface area (Å²) in [7, 11) is -3.81. The van der Waals surface area contributed by atoms with E-state index in [4.69, 9.17) is 9.47 Å². The number of nitrogens with zero attached hydrogens (tertiary/aromatic N) is 2. The second-order valence-corrected chi connectivity index (χ2v) is 11.8. The second kappa shape index (κ2) is 14.8. The lowest BCUT2D eigenvalue weighted by molar-refractivity contribution is -0.124. The van der Waals surface area contributed by atoms with Gasteiger partial charge in [-0.15, -0.1) is 0 Å². The number of ether oxygens (including phenoxy) is 2. The molecule has 44 heavy (non-hydrogen) atoms. The fourth-order valence-corrected chi connectivity index (χ4v) is 5.44. The van der Waals surface area contributed by atoms with Gasteiger partial charge in [-0.05, 0) is 85.6 Å². The Morgan fingerprint density at radius 3 is 2.00 bits per heavy atom. The summed E-state index contributed by atoms with van der Waals surface area (Å²) in [6, 6.07) is 30.8. The molecular formula is C33H34N4O6S. The molecule has 0 aliphatic heterocycles. The summed E-state index contributed by atoms with van der Waals surface area (Å²) in [5.41, 5.74) is 4.36. The molecule has 2 atom stereocenters. The zero-order valence-electron chi connectivity index (χ0n) is 24.6. The van der Waals surface area contributed by atoms with Gasteiger partial charge in [0.1, 0.15) is 23.3 Å². The third-order valence-corrected chi connectivity index (χ3v) is 7.72. The number of benzene rings is 4. The van der Waals surface area contributed by atoms with Crippen LogP contribution in [0.5, 0.6) is 17.2 Å². The molecule has 0 fully saturated rings. The lowest BCUT2D eigenvalue weighted by Gasteiger charge is -2.27. The Kier molecular flexibility index (Phi) is 10.7. The minimum absolute atomic E-state index is 0.141. The molecule has 2 amide bonds. The number of hydrogen-bond acceptors (Lipinski definition) is 7. The lowest BCUT2D eigenvalue weighted by Crippen LogP contribution is -2.46. The van der Waals surface area contributed by atoms with Gasteiger partial charge in [0.25, 0.3) is 11.8 Å². The zero-order valence-corrected chi connectivity index (χ0v) is 25.4. The maximum Gasteiger partial charge on any atom is 0.263 e. The van der Waals surface area contributed by atoms with Crippen LogP contribution in [0.1, 0.15) is 31.0 Å². The Bertz CT molecular complexity index is 1660. The van der Waals surface area contributed by atoms with Crippen LogP contribution in [0.3, 0.4) is 0 Å². The number of sulfonamides is 1. The zero-order chi connectivity index (χ0) is 31.5. The molecule has 4 aromatic rings. The average molecular weight is 615 g/mol. The van der Waals surface area contributed by atoms with Crippen molar-refractivity contribution in [3.63, 3.8) is 0 Å². The van der Waals surface area contributed by atoms with Crippen LogP contribution in [0, 0.1) is 0 Å². The minimum Gasteiger partial charge on any atom is -0.484 e. The third kappa shape index (κ3) is 9.17. The lowest BCUT2D eigenvalue weighted by atomic mass is 10.1. The topological polar surface area (TPSA) is 126 Å². The van der Waals surface area contributed by atoms with Gasteiger partial charge in [0.15, 0.2) is 6.61 Å². The number of rotatable bonds is 13. The molecule has 0 spiro atoms. The van der Waals surface area contributed by atoms with Gasteiger partial charge in [0, 0.05) is 0 Å². The van der Waals surface area contributed by atoms with Gasteiger partial charge in [0.2, 0.25) is 10.0 Å². The van der Waals surface area contributed by atoms with E-state index in [1.165, 1.54) is 13.1 Å². The quantitative estimate of drug-likeness (QED) is 0.161. The van der Waals surface area contributed by atoms with Crippen molar-refractivity contribution in [1.29, 1.82) is 0 Å². The summed E-state index contributed by atoms with van der Waals surface area (Å²) in [5, 5.41) is 6.87. The van der Waals surface area contributed by atoms with E-state index < -0.39 is 22.0 Å². The van der Waals surface area contributed by atoms with Gasteiger partial charge in [-0.1, -0.05) is 48.5 Å². The number of para-hydroxylation sites is 1. The van der Waals surface area contributed by atoms with Gasteiger partial charge in [-0.2, -0.15) is 5.10 Å². The van der Waals surface area contributed by atoms with Crippen LogP contribution in [0.15, 0.2) is 114 Å². The van der Waals surface area contributed by atoms with Crippen molar-refractivity contribution in [2.75, 3.05) is 17.2 Å². The van der Waals surface area contributed by atoms with E-state index >= 15 is 0 Å². The third-order valence-electron chi connectivity index (χ3n) is 6.47. The van der Waals surface area contributed by atoms with Crippen molar-refractivity contribution < 1.29 is 27.5 Å². The molecule has 4 aromatic carbocycles. The minimum atomic E-state index is -3.81. The number of carbonyl (C=O) groups excluding carboxylic acids is 2. The SMILES string of the molecule is C[C@H](C(=O)N/N=C\c1ccc(OCC(=O)N[C@H](C)c2ccccc2)cc1)N(c1ccc(Oc2ccccc2)cc1)S(C)(=O)=O. The van der Waals surface area contributed by atoms with Crippen LogP contribution in [-0.4, -0.2) is 45.4 Å². The van der Waals surface area contributed by atoms with Crippen molar-refractivity contribution in [2.45, 2.75) is 25.9 Å². The number of hydrazone groups is 1. The molecule has 0 radical (unpaired) electrons. The molecule has 228 valence electrons. The summed E-state index contributed by atoms with van der Waals surface area (Å²) in [5.74, 6) is 0.791. The number of nitrogens with one attached hydrogen (secondary N) is 2. The molecule has 4 rings (SSSR count). The van der Waals surface area contributed by atoms with E-state index in [1.807, 2.05) is 55.5 Å². The van der Waals surface area contributed by atoms with Crippen LogP contribution >= 0.6 is 0 Å². The second-order valence-electron chi connectivity index (χ2n) is 9.94. The molecule has 0 saturated carbocycles. The van der Waals surface area contributed by atoms with Crippen molar-refractivity contribution in [3.05, 3.63) is 120 Å². The van der Waals surface area contributed by atoms with Gasteiger partial charge >= 0.3 is 0 Å². The molecular weight excluding hydrogens is 580 g/mol. The monoisotopic (exact) mass is 614 g/mol. The van der Waals surface area contributed by atoms with Gasteiger partial charge in [0.05, 0.1) is 24.2 Å². The normalized spacial score (nSPS) is 12.6. The molecule has 0 heterocycles. The predicted molar refractivity (Wildman–Crippen MR) is 170 cm³/mol. The first-order chi connectivity index (χ1) is 21.1. The summed E-state index contributed by atoms with van der Waals surface area (Å²) in [6.45, 7) is 3.24. The smallest absolute Gasteiger partial charge is 0.263 e. The largest absolute Gasteiger partial charge is 0.484 e. The first-order valence-corrected chi connectivity index (χ1v) is 15.7. The van der Waals surface area contributed by atoms with E-state index in [-0.39, 0.29) is 18.6 Å². The molecule has 0 unspecified atom stereocenters. The first kappa shape index (κ1) is 31.8. The van der Waals surface area contributed by atoms with Crippen molar-refractivity contribution >= 4 is 33.7 Å². The molecule has 0 aliphatic carbocycles. The first-order valence-electron chi connectivity index (χ1n) is 13.8. The molecule has 0 saturated heterocycles. The number of carbonyl (C=O) groups is 2. The summed E-state index contributed by atoms with van der Waals surface area (Å²) >= 11 is 0. The highest BCUT2D eigenvalue weighted by Crippen LogP contribution is 2.27. The van der Waals surface area contributed by atoms with Crippen LogP contribution in [0.2, 0.25) is 0 Å². The molecule has 0 aliphatic rings. The van der Waals surface area contributed by atoms with Gasteiger partial charge in [-0.25, -0.2) is 13.8 Å². The number of anilines is 1. The van der Waals surface area contributed by atoms with Crippen LogP contribution in [0.25, 0.3) is 0 Å². The maximum atomic E-state index is 12.9. The Morgan fingerprint density at radius 1 is 0.818 bits per heavy atom. The number of hydrogen-bond donors (Lipinski definition) is 2. The Hall–Kier alpha value is -5.16. The van der Waals surface area contributed by atoms with E-state index in [9.17, 15) is 18.0 Å². The van der Waals surface area contributed by atoms with Crippen LogP contribution in [0.4, 0.5) is 5.69 Å². The fraction of sp³-hybridized carbons (Fsp3) is 0.182. The Morgan fingerprint density at radius 2 is 1.39 bits per heavy atom. The predicted octanol–water partition coefficient (Wildman–Crippen LogP) is 5.04. The van der Waals surface area contributed by atoms with Gasteiger partial charge < -0.3 is 14.8 Å². The standard InChI is InChI=1S/C33H34N4O6S/c1-24(27-10-6-4-7-11-27)35-32(38)23-42-29-18-14-26(15-19-29)22-34-36-33(39)25(2)37(44(3,40)41)28-16-20-31(21-17-28)43-30-12-8-5-9-13-30/h4-22,24-25H,23H2,1-3H3,(H,35,38)(H,36,39)/b34-22-/t24-,25-/m1/s1. The summed E-state index contributed by atoms with van der Waals surface area (Å²) < 4.78 is 37.6. The van der Waals surface area contributed by atoms with Crippen LogP contribution in [-0.2, 0) is 19.6 Å². The van der Waals surface area contributed by atoms with Gasteiger partial charge in [-0.3, -0.25) is 13.9 Å². The van der Waals surface area contributed by atoms with Crippen molar-refractivity contribution in [2.24, 2.45) is 5.10 Å². The highest BCUT2D eigenvalue weighted by molar-refractivity contribution is 7.92. The molecule has 2 N–H and O–H groups in total. The van der Waals surface area contributed by atoms with E-state index in [0.29, 0.717) is 28.5 Å². The average Bonchev–Trinajstić information content (AvgIpc) is 3.02. The van der Waals surface area contributed by atoms with Crippen molar-refractivity contribution in [3.8, 4) is 17.2 Å². The fourth-order valence-electron chi connectivity index (χ4n) is 4.27. The highest BCUT2D eigenvalue weighted by Gasteiger charge is 2.29. The van der Waals surface area contributed by atoms with Crippen LogP contribution < -0.4 is 24.5 Å². The number of amides is 2. The highest BCUT2D eigenvalue weighted by atomic mass is 32.2. The van der Waals surface area contributed by atoms with E-state index in [1.54, 1.807) is 60.7 Å².